The van der Waals surface area contributed by atoms with Crippen LogP contribution in [0.1, 0.15) is 71.1 Å². The summed E-state index contributed by atoms with van der Waals surface area (Å²) in [6.07, 6.45) is 10.4. The van der Waals surface area contributed by atoms with Gasteiger partial charge in [0.2, 0.25) is 5.91 Å². The van der Waals surface area contributed by atoms with Gasteiger partial charge >= 0.3 is 0 Å². The van der Waals surface area contributed by atoms with E-state index in [-0.39, 0.29) is 17.4 Å². The van der Waals surface area contributed by atoms with E-state index in [1.165, 1.54) is 12.8 Å². The maximum atomic E-state index is 13.1. The zero-order valence-electron chi connectivity index (χ0n) is 12.7. The summed E-state index contributed by atoms with van der Waals surface area (Å²) in [6.45, 7) is 3.05. The van der Waals surface area contributed by atoms with Gasteiger partial charge in [-0.15, -0.1) is 0 Å². The normalized spacial score (nSPS) is 33.0. The Bertz CT molecular complexity index is 398. The molecule has 0 N–H and O–H groups in total. The molecule has 3 rings (SSSR count). The minimum atomic E-state index is -0.0930. The van der Waals surface area contributed by atoms with E-state index in [1.807, 2.05) is 0 Å². The third-order valence-corrected chi connectivity index (χ3v) is 6.07. The van der Waals surface area contributed by atoms with Crippen molar-refractivity contribution in [2.45, 2.75) is 77.2 Å². The summed E-state index contributed by atoms with van der Waals surface area (Å²) in [6, 6.07) is 0.224. The SMILES string of the molecule is CCC1(C(=O)N2CCCC2C2CCCC2=O)CCCC1. The topological polar surface area (TPSA) is 37.4 Å². The van der Waals surface area contributed by atoms with Crippen LogP contribution in [0.25, 0.3) is 0 Å². The van der Waals surface area contributed by atoms with E-state index in [0.29, 0.717) is 11.7 Å². The lowest BCUT2D eigenvalue weighted by Gasteiger charge is -2.36. The molecule has 0 aromatic heterocycles. The lowest BCUT2D eigenvalue weighted by atomic mass is 9.81. The molecule has 2 atom stereocenters. The second kappa shape index (κ2) is 5.50. The van der Waals surface area contributed by atoms with Crippen molar-refractivity contribution in [1.82, 2.24) is 4.90 Å². The number of hydrogen-bond donors (Lipinski definition) is 0. The smallest absolute Gasteiger partial charge is 0.229 e. The molecule has 1 saturated heterocycles. The zero-order chi connectivity index (χ0) is 14.2. The molecule has 0 bridgehead atoms. The lowest BCUT2D eigenvalue weighted by Crippen LogP contribution is -2.48. The molecule has 0 spiro atoms. The fourth-order valence-electron chi connectivity index (χ4n) is 4.79. The number of Topliss-reactive ketones (excluding diaryl/α,β-unsaturated/α-hetero) is 1. The van der Waals surface area contributed by atoms with Crippen LogP contribution in [-0.2, 0) is 9.59 Å². The Morgan fingerprint density at radius 2 is 1.95 bits per heavy atom. The number of rotatable bonds is 3. The Kier molecular flexibility index (Phi) is 3.87. The summed E-state index contributed by atoms with van der Waals surface area (Å²) in [5.74, 6) is 0.933. The molecule has 3 aliphatic rings. The largest absolute Gasteiger partial charge is 0.339 e. The van der Waals surface area contributed by atoms with Crippen molar-refractivity contribution in [3.8, 4) is 0 Å². The van der Waals surface area contributed by atoms with E-state index in [0.717, 1.165) is 57.9 Å². The van der Waals surface area contributed by atoms with Crippen LogP contribution in [0.5, 0.6) is 0 Å². The van der Waals surface area contributed by atoms with E-state index < -0.39 is 0 Å². The van der Waals surface area contributed by atoms with E-state index >= 15 is 0 Å². The van der Waals surface area contributed by atoms with Gasteiger partial charge in [-0.3, -0.25) is 9.59 Å². The average molecular weight is 277 g/mol. The summed E-state index contributed by atoms with van der Waals surface area (Å²) in [7, 11) is 0. The van der Waals surface area contributed by atoms with E-state index in [9.17, 15) is 9.59 Å². The van der Waals surface area contributed by atoms with Crippen LogP contribution in [0, 0.1) is 11.3 Å². The highest BCUT2D eigenvalue weighted by Gasteiger charge is 2.47. The third kappa shape index (κ3) is 2.19. The van der Waals surface area contributed by atoms with Gasteiger partial charge in [-0.25, -0.2) is 0 Å². The van der Waals surface area contributed by atoms with Crippen LogP contribution < -0.4 is 0 Å². The van der Waals surface area contributed by atoms with E-state index in [1.54, 1.807) is 0 Å². The van der Waals surface area contributed by atoms with Crippen LogP contribution in [-0.4, -0.2) is 29.2 Å². The van der Waals surface area contributed by atoms with Crippen molar-refractivity contribution in [2.24, 2.45) is 11.3 Å². The van der Waals surface area contributed by atoms with Gasteiger partial charge in [0.15, 0.2) is 0 Å². The standard InChI is InChI=1S/C17H27NO2/c1-2-17(10-3-4-11-17)16(20)18-12-6-8-14(18)13-7-5-9-15(13)19/h13-14H,2-12H2,1H3. The first-order chi connectivity index (χ1) is 9.68. The number of ketones is 1. The zero-order valence-corrected chi connectivity index (χ0v) is 12.7. The van der Waals surface area contributed by atoms with Crippen molar-refractivity contribution in [2.75, 3.05) is 6.54 Å². The molecule has 1 aliphatic heterocycles. The van der Waals surface area contributed by atoms with Crippen molar-refractivity contribution in [3.05, 3.63) is 0 Å². The minimum absolute atomic E-state index is 0.0930. The van der Waals surface area contributed by atoms with E-state index in [2.05, 4.69) is 11.8 Å². The summed E-state index contributed by atoms with van der Waals surface area (Å²) in [4.78, 5) is 27.3. The van der Waals surface area contributed by atoms with Crippen LogP contribution in [0.2, 0.25) is 0 Å². The van der Waals surface area contributed by atoms with Gasteiger partial charge in [-0.2, -0.15) is 0 Å². The van der Waals surface area contributed by atoms with Crippen molar-refractivity contribution in [3.63, 3.8) is 0 Å². The minimum Gasteiger partial charge on any atom is -0.339 e. The molecule has 1 amide bonds. The van der Waals surface area contributed by atoms with Gasteiger partial charge in [0, 0.05) is 30.3 Å². The maximum absolute atomic E-state index is 13.1. The average Bonchev–Trinajstić information content (AvgIpc) is 3.18. The van der Waals surface area contributed by atoms with Crippen LogP contribution in [0.4, 0.5) is 0 Å². The molecule has 2 unspecified atom stereocenters. The first kappa shape index (κ1) is 14.1. The molecule has 0 aromatic rings. The Morgan fingerprint density at radius 3 is 2.55 bits per heavy atom. The molecule has 1 heterocycles. The number of nitrogens with zero attached hydrogens (tertiary/aromatic N) is 1. The predicted octanol–water partition coefficient (Wildman–Crippen LogP) is 3.32. The molecular formula is C17H27NO2. The molecule has 2 aliphatic carbocycles. The van der Waals surface area contributed by atoms with Gasteiger partial charge in [0.25, 0.3) is 0 Å². The summed E-state index contributed by atoms with van der Waals surface area (Å²) in [5.41, 5.74) is -0.0930. The number of hydrogen-bond acceptors (Lipinski definition) is 2. The van der Waals surface area contributed by atoms with Gasteiger partial charge < -0.3 is 4.90 Å². The first-order valence-electron chi connectivity index (χ1n) is 8.52. The molecule has 112 valence electrons. The fourth-order valence-corrected chi connectivity index (χ4v) is 4.79. The summed E-state index contributed by atoms with van der Waals surface area (Å²) in [5, 5.41) is 0. The first-order valence-corrected chi connectivity index (χ1v) is 8.52. The number of carbonyl (C=O) groups is 2. The second-order valence-electron chi connectivity index (χ2n) is 7.01. The molecule has 0 radical (unpaired) electrons. The molecule has 0 aromatic carbocycles. The number of amides is 1. The molecule has 2 saturated carbocycles. The lowest BCUT2D eigenvalue weighted by molar-refractivity contribution is -0.144. The Balaban J connectivity index is 1.77. The summed E-state index contributed by atoms with van der Waals surface area (Å²) >= 11 is 0. The van der Waals surface area contributed by atoms with Gasteiger partial charge in [0.1, 0.15) is 5.78 Å². The van der Waals surface area contributed by atoms with Crippen LogP contribution >= 0.6 is 0 Å². The third-order valence-electron chi connectivity index (χ3n) is 6.07. The highest BCUT2D eigenvalue weighted by atomic mass is 16.2. The fraction of sp³-hybridized carbons (Fsp3) is 0.882. The van der Waals surface area contributed by atoms with Crippen molar-refractivity contribution < 1.29 is 9.59 Å². The molecule has 3 fully saturated rings. The van der Waals surface area contributed by atoms with Crippen molar-refractivity contribution >= 4 is 11.7 Å². The maximum Gasteiger partial charge on any atom is 0.229 e. The van der Waals surface area contributed by atoms with Crippen LogP contribution in [0.3, 0.4) is 0 Å². The van der Waals surface area contributed by atoms with Crippen LogP contribution in [0.15, 0.2) is 0 Å². The molecule has 3 heteroatoms. The number of likely N-dealkylation sites (tertiary alicyclic amines) is 1. The molecule has 20 heavy (non-hydrogen) atoms. The summed E-state index contributed by atoms with van der Waals surface area (Å²) < 4.78 is 0. The molecular weight excluding hydrogens is 250 g/mol. The van der Waals surface area contributed by atoms with E-state index in [4.69, 9.17) is 0 Å². The van der Waals surface area contributed by atoms with Gasteiger partial charge in [0.05, 0.1) is 0 Å². The molecule has 3 nitrogen and oxygen atoms in total. The highest BCUT2D eigenvalue weighted by Crippen LogP contribution is 2.45. The second-order valence-corrected chi connectivity index (χ2v) is 7.01. The van der Waals surface area contributed by atoms with Crippen molar-refractivity contribution in [1.29, 1.82) is 0 Å². The van der Waals surface area contributed by atoms with Gasteiger partial charge in [-0.05, 0) is 44.9 Å². The Morgan fingerprint density at radius 1 is 1.20 bits per heavy atom. The highest BCUT2D eigenvalue weighted by molar-refractivity contribution is 5.87. The van der Waals surface area contributed by atoms with Gasteiger partial charge in [-0.1, -0.05) is 19.8 Å². The predicted molar refractivity (Wildman–Crippen MR) is 78.3 cm³/mol. The Labute approximate surface area is 122 Å². The Hall–Kier alpha value is -0.860. The quantitative estimate of drug-likeness (QED) is 0.793. The number of carbonyl (C=O) groups excluding carboxylic acids is 2. The monoisotopic (exact) mass is 277 g/mol.